The van der Waals surface area contributed by atoms with Crippen LogP contribution in [0.4, 0.5) is 0 Å². The van der Waals surface area contributed by atoms with E-state index in [1.54, 1.807) is 7.11 Å². The Morgan fingerprint density at radius 3 is 2.20 bits per heavy atom. The number of hydrogen-bond donors (Lipinski definition) is 0. The molecule has 0 radical (unpaired) electrons. The molecule has 0 amide bonds. The van der Waals surface area contributed by atoms with Crippen molar-refractivity contribution < 1.29 is 23.7 Å². The maximum atomic E-state index is 12.1. The first-order chi connectivity index (χ1) is 11.9. The largest absolute Gasteiger partial charge is 0.490 e. The lowest BCUT2D eigenvalue weighted by Gasteiger charge is -2.21. The zero-order chi connectivity index (χ0) is 18.6. The van der Waals surface area contributed by atoms with E-state index in [1.165, 1.54) is 7.11 Å². The molecule has 25 heavy (non-hydrogen) atoms. The minimum absolute atomic E-state index is 0.0448. The zero-order valence-electron chi connectivity index (χ0n) is 15.8. The molecule has 0 aromatic heterocycles. The van der Waals surface area contributed by atoms with Crippen molar-refractivity contribution in [3.63, 3.8) is 0 Å². The highest BCUT2D eigenvalue weighted by atomic mass is 16.6. The van der Waals surface area contributed by atoms with Crippen LogP contribution in [0.15, 0.2) is 18.2 Å². The fraction of sp³-hybridized carbons (Fsp3) is 0.450. The minimum atomic E-state index is -0.303. The van der Waals surface area contributed by atoms with Crippen molar-refractivity contribution in [2.24, 2.45) is 0 Å². The molecule has 0 fully saturated rings. The Labute approximate surface area is 148 Å². The maximum absolute atomic E-state index is 12.1. The van der Waals surface area contributed by atoms with Crippen molar-refractivity contribution in [2.75, 3.05) is 14.2 Å². The molecule has 0 spiro atoms. The Kier molecular flexibility index (Phi) is 6.12. The van der Waals surface area contributed by atoms with Gasteiger partial charge in [-0.2, -0.15) is 0 Å². The summed E-state index contributed by atoms with van der Waals surface area (Å²) < 4.78 is 22.7. The normalized spacial score (nSPS) is 10.8. The highest BCUT2D eigenvalue weighted by molar-refractivity contribution is 6.00. The van der Waals surface area contributed by atoms with Gasteiger partial charge in [0.15, 0.2) is 11.5 Å². The van der Waals surface area contributed by atoms with Crippen molar-refractivity contribution in [3.05, 3.63) is 23.8 Å². The fourth-order valence-corrected chi connectivity index (χ4v) is 2.69. The summed E-state index contributed by atoms with van der Waals surface area (Å²) in [7, 11) is 3.07. The first-order valence-electron chi connectivity index (χ1n) is 8.48. The van der Waals surface area contributed by atoms with Gasteiger partial charge in [0, 0.05) is 17.2 Å². The van der Waals surface area contributed by atoms with Gasteiger partial charge in [-0.15, -0.1) is 0 Å². The van der Waals surface area contributed by atoms with Crippen LogP contribution in [-0.4, -0.2) is 26.3 Å². The summed E-state index contributed by atoms with van der Waals surface area (Å²) in [5.74, 6) is 1.43. The van der Waals surface area contributed by atoms with Gasteiger partial charge >= 0.3 is 5.97 Å². The molecule has 136 valence electrons. The maximum Gasteiger partial charge on any atom is 0.311 e. The van der Waals surface area contributed by atoms with E-state index in [1.807, 2.05) is 45.9 Å². The average Bonchev–Trinajstić information content (AvgIpc) is 2.56. The molecule has 5 heteroatoms. The third-order valence-corrected chi connectivity index (χ3v) is 3.71. The molecule has 0 saturated heterocycles. The van der Waals surface area contributed by atoms with E-state index in [0.717, 1.165) is 16.3 Å². The number of aryl methyl sites for hydroxylation is 1. The SMILES string of the molecule is CCCC(=O)Oc1c(OC)c(OC)c(OC(C)C)c2ccc(C)cc12. The molecular formula is C20H26O5. The number of carbonyl (C=O) groups is 1. The minimum Gasteiger partial charge on any atom is -0.490 e. The van der Waals surface area contributed by atoms with E-state index < -0.39 is 0 Å². The average molecular weight is 346 g/mol. The molecule has 0 bridgehead atoms. The molecule has 0 aliphatic heterocycles. The molecule has 5 nitrogen and oxygen atoms in total. The molecule has 0 aliphatic rings. The van der Waals surface area contributed by atoms with Gasteiger partial charge in [0.05, 0.1) is 20.3 Å². The van der Waals surface area contributed by atoms with Gasteiger partial charge in [0.25, 0.3) is 0 Å². The number of fused-ring (bicyclic) bond motifs is 1. The van der Waals surface area contributed by atoms with Crippen LogP contribution in [0, 0.1) is 6.92 Å². The molecule has 0 N–H and O–H groups in total. The second-order valence-corrected chi connectivity index (χ2v) is 6.16. The van der Waals surface area contributed by atoms with E-state index in [2.05, 4.69) is 0 Å². The molecule has 0 heterocycles. The van der Waals surface area contributed by atoms with Crippen molar-refractivity contribution in [1.82, 2.24) is 0 Å². The second kappa shape index (κ2) is 8.10. The van der Waals surface area contributed by atoms with E-state index in [4.69, 9.17) is 18.9 Å². The quantitative estimate of drug-likeness (QED) is 0.539. The van der Waals surface area contributed by atoms with Gasteiger partial charge < -0.3 is 18.9 Å². The van der Waals surface area contributed by atoms with Gasteiger partial charge in [-0.05, 0) is 33.3 Å². The van der Waals surface area contributed by atoms with Crippen LogP contribution in [0.5, 0.6) is 23.0 Å². The summed E-state index contributed by atoms with van der Waals surface area (Å²) in [5, 5.41) is 1.58. The summed E-state index contributed by atoms with van der Waals surface area (Å²) >= 11 is 0. The van der Waals surface area contributed by atoms with E-state index in [9.17, 15) is 4.79 Å². The molecule has 2 aromatic carbocycles. The predicted molar refractivity (Wildman–Crippen MR) is 98.1 cm³/mol. The topological polar surface area (TPSA) is 54.0 Å². The summed E-state index contributed by atoms with van der Waals surface area (Å²) in [6.07, 6.45) is 1.00. The standard InChI is InChI=1S/C20H26O5/c1-7-8-16(21)25-18-15-11-13(4)9-10-14(15)17(24-12(2)3)19(22-5)20(18)23-6/h9-12H,7-8H2,1-6H3. The zero-order valence-corrected chi connectivity index (χ0v) is 15.8. The Morgan fingerprint density at radius 2 is 1.64 bits per heavy atom. The van der Waals surface area contributed by atoms with Crippen LogP contribution >= 0.6 is 0 Å². The summed E-state index contributed by atoms with van der Waals surface area (Å²) in [5.41, 5.74) is 1.04. The Bertz CT molecular complexity index is 765. The van der Waals surface area contributed by atoms with Crippen molar-refractivity contribution in [3.8, 4) is 23.0 Å². The summed E-state index contributed by atoms with van der Waals surface area (Å²) in [6, 6.07) is 5.89. The Hall–Kier alpha value is -2.43. The highest BCUT2D eigenvalue weighted by Crippen LogP contribution is 2.51. The number of methoxy groups -OCH3 is 2. The van der Waals surface area contributed by atoms with Crippen molar-refractivity contribution >= 4 is 16.7 Å². The molecule has 0 unspecified atom stereocenters. The van der Waals surface area contributed by atoms with Crippen LogP contribution in [0.3, 0.4) is 0 Å². The van der Waals surface area contributed by atoms with Gasteiger partial charge in [-0.3, -0.25) is 4.79 Å². The lowest BCUT2D eigenvalue weighted by Crippen LogP contribution is -2.11. The van der Waals surface area contributed by atoms with Gasteiger partial charge in [0.2, 0.25) is 11.5 Å². The van der Waals surface area contributed by atoms with Gasteiger partial charge in [-0.25, -0.2) is 0 Å². The third kappa shape index (κ3) is 3.98. The molecular weight excluding hydrogens is 320 g/mol. The van der Waals surface area contributed by atoms with Crippen molar-refractivity contribution in [1.29, 1.82) is 0 Å². The van der Waals surface area contributed by atoms with Gasteiger partial charge in [0.1, 0.15) is 0 Å². The van der Waals surface area contributed by atoms with Crippen LogP contribution in [0.1, 0.15) is 39.2 Å². The lowest BCUT2D eigenvalue weighted by molar-refractivity contribution is -0.134. The summed E-state index contributed by atoms with van der Waals surface area (Å²) in [6.45, 7) is 7.81. The van der Waals surface area contributed by atoms with Crippen LogP contribution in [-0.2, 0) is 4.79 Å². The summed E-state index contributed by atoms with van der Waals surface area (Å²) in [4.78, 5) is 12.1. The van der Waals surface area contributed by atoms with E-state index in [0.29, 0.717) is 35.8 Å². The predicted octanol–water partition coefficient (Wildman–Crippen LogP) is 4.66. The van der Waals surface area contributed by atoms with E-state index >= 15 is 0 Å². The number of hydrogen-bond acceptors (Lipinski definition) is 5. The fourth-order valence-electron chi connectivity index (χ4n) is 2.69. The molecule has 2 rings (SSSR count). The van der Waals surface area contributed by atoms with E-state index in [-0.39, 0.29) is 12.1 Å². The Morgan fingerprint density at radius 1 is 1.00 bits per heavy atom. The number of ether oxygens (including phenoxy) is 4. The number of rotatable bonds is 7. The monoisotopic (exact) mass is 346 g/mol. The smallest absolute Gasteiger partial charge is 0.311 e. The third-order valence-electron chi connectivity index (χ3n) is 3.71. The highest BCUT2D eigenvalue weighted by Gasteiger charge is 2.25. The number of benzene rings is 2. The van der Waals surface area contributed by atoms with Crippen LogP contribution < -0.4 is 18.9 Å². The van der Waals surface area contributed by atoms with Crippen LogP contribution in [0.25, 0.3) is 10.8 Å². The van der Waals surface area contributed by atoms with Crippen LogP contribution in [0.2, 0.25) is 0 Å². The first-order valence-corrected chi connectivity index (χ1v) is 8.48. The van der Waals surface area contributed by atoms with Gasteiger partial charge in [-0.1, -0.05) is 24.6 Å². The molecule has 0 saturated carbocycles. The second-order valence-electron chi connectivity index (χ2n) is 6.16. The molecule has 2 aromatic rings. The molecule has 0 aliphatic carbocycles. The Balaban J connectivity index is 2.80. The first kappa shape index (κ1) is 18.9. The lowest BCUT2D eigenvalue weighted by atomic mass is 10.0. The number of esters is 1. The van der Waals surface area contributed by atoms with Crippen molar-refractivity contribution in [2.45, 2.75) is 46.6 Å². The molecule has 0 atom stereocenters. The number of carbonyl (C=O) groups excluding carboxylic acids is 1.